The molecular formula is C18H17N3O2S. The Hall–Kier alpha value is -2.73. The highest BCUT2D eigenvalue weighted by atomic mass is 32.1. The Morgan fingerprint density at radius 1 is 1.17 bits per heavy atom. The number of hydrogen-bond acceptors (Lipinski definition) is 5. The molecule has 0 aliphatic heterocycles. The molecule has 0 aliphatic carbocycles. The average Bonchev–Trinajstić information content (AvgIpc) is 3.06. The number of aryl methyl sites for hydroxylation is 1. The van der Waals surface area contributed by atoms with E-state index in [2.05, 4.69) is 15.5 Å². The molecule has 0 radical (unpaired) electrons. The lowest BCUT2D eigenvalue weighted by Crippen LogP contribution is -2.12. The normalized spacial score (nSPS) is 10.4. The van der Waals surface area contributed by atoms with E-state index in [1.165, 1.54) is 11.3 Å². The first kappa shape index (κ1) is 16.1. The fourth-order valence-electron chi connectivity index (χ4n) is 2.25. The van der Waals surface area contributed by atoms with Crippen LogP contribution in [0.25, 0.3) is 10.6 Å². The molecule has 6 heteroatoms. The molecule has 3 rings (SSSR count). The Morgan fingerprint density at radius 3 is 2.67 bits per heavy atom. The minimum atomic E-state index is -0.211. The first-order chi connectivity index (χ1) is 11.7. The van der Waals surface area contributed by atoms with E-state index in [-0.39, 0.29) is 5.91 Å². The summed E-state index contributed by atoms with van der Waals surface area (Å²) in [6.07, 6.45) is 0. The molecule has 0 bridgehead atoms. The second-order valence-electron chi connectivity index (χ2n) is 5.15. The van der Waals surface area contributed by atoms with Gasteiger partial charge in [0.25, 0.3) is 5.91 Å². The molecule has 2 aromatic carbocycles. The molecule has 0 unspecified atom stereocenters. The van der Waals surface area contributed by atoms with Crippen molar-refractivity contribution in [3.8, 4) is 16.3 Å². The average molecular weight is 339 g/mol. The van der Waals surface area contributed by atoms with Crippen LogP contribution in [0.4, 0.5) is 5.13 Å². The van der Waals surface area contributed by atoms with Crippen molar-refractivity contribution in [2.24, 2.45) is 0 Å². The van der Waals surface area contributed by atoms with Gasteiger partial charge in [-0.3, -0.25) is 10.1 Å². The van der Waals surface area contributed by atoms with Crippen molar-refractivity contribution in [3.05, 3.63) is 59.7 Å². The summed E-state index contributed by atoms with van der Waals surface area (Å²) >= 11 is 1.35. The summed E-state index contributed by atoms with van der Waals surface area (Å²) in [6.45, 7) is 4.44. The lowest BCUT2D eigenvalue weighted by molar-refractivity contribution is 0.102. The molecule has 0 saturated carbocycles. The van der Waals surface area contributed by atoms with Gasteiger partial charge >= 0.3 is 0 Å². The Labute approximate surface area is 144 Å². The van der Waals surface area contributed by atoms with E-state index in [0.29, 0.717) is 17.3 Å². The number of rotatable bonds is 5. The van der Waals surface area contributed by atoms with Gasteiger partial charge in [-0.15, -0.1) is 10.2 Å². The molecule has 0 fully saturated rings. The third-order valence-electron chi connectivity index (χ3n) is 3.40. The molecular weight excluding hydrogens is 322 g/mol. The van der Waals surface area contributed by atoms with E-state index in [9.17, 15) is 4.79 Å². The van der Waals surface area contributed by atoms with Crippen molar-refractivity contribution in [3.63, 3.8) is 0 Å². The lowest BCUT2D eigenvalue weighted by Gasteiger charge is -2.08. The predicted molar refractivity (Wildman–Crippen MR) is 95.6 cm³/mol. The van der Waals surface area contributed by atoms with Crippen molar-refractivity contribution >= 4 is 22.4 Å². The predicted octanol–water partition coefficient (Wildman–Crippen LogP) is 4.16. The van der Waals surface area contributed by atoms with Crippen LogP contribution in [0.1, 0.15) is 22.8 Å². The van der Waals surface area contributed by atoms with Crippen molar-refractivity contribution in [2.45, 2.75) is 13.8 Å². The maximum Gasteiger partial charge on any atom is 0.257 e. The van der Waals surface area contributed by atoms with Crippen molar-refractivity contribution in [2.75, 3.05) is 11.9 Å². The summed E-state index contributed by atoms with van der Waals surface area (Å²) in [6, 6.07) is 15.1. The minimum absolute atomic E-state index is 0.211. The van der Waals surface area contributed by atoms with Crippen molar-refractivity contribution in [1.82, 2.24) is 10.2 Å². The van der Waals surface area contributed by atoms with Gasteiger partial charge < -0.3 is 4.74 Å². The number of benzene rings is 2. The molecule has 24 heavy (non-hydrogen) atoms. The fraction of sp³-hybridized carbons (Fsp3) is 0.167. The molecule has 3 aromatic rings. The van der Waals surface area contributed by atoms with E-state index in [0.717, 1.165) is 21.9 Å². The second-order valence-corrected chi connectivity index (χ2v) is 6.12. The first-order valence-corrected chi connectivity index (χ1v) is 8.42. The highest BCUT2D eigenvalue weighted by Crippen LogP contribution is 2.26. The van der Waals surface area contributed by atoms with Crippen LogP contribution in [0.5, 0.6) is 5.75 Å². The van der Waals surface area contributed by atoms with E-state index in [4.69, 9.17) is 4.74 Å². The van der Waals surface area contributed by atoms with Gasteiger partial charge in [-0.05, 0) is 37.6 Å². The van der Waals surface area contributed by atoms with Crippen LogP contribution in [0.15, 0.2) is 48.5 Å². The molecule has 1 amide bonds. The Bertz CT molecular complexity index is 846. The van der Waals surface area contributed by atoms with Gasteiger partial charge in [0.05, 0.1) is 6.61 Å². The molecule has 1 N–H and O–H groups in total. The first-order valence-electron chi connectivity index (χ1n) is 7.61. The Morgan fingerprint density at radius 2 is 1.96 bits per heavy atom. The van der Waals surface area contributed by atoms with Crippen molar-refractivity contribution < 1.29 is 9.53 Å². The van der Waals surface area contributed by atoms with Gasteiger partial charge in [0.2, 0.25) is 5.13 Å². The maximum atomic E-state index is 12.4. The molecule has 1 aromatic heterocycles. The van der Waals surface area contributed by atoms with Crippen LogP contribution in [0.2, 0.25) is 0 Å². The highest BCUT2D eigenvalue weighted by Gasteiger charge is 2.12. The molecule has 0 aliphatic rings. The molecule has 5 nitrogen and oxygen atoms in total. The highest BCUT2D eigenvalue weighted by molar-refractivity contribution is 7.18. The topological polar surface area (TPSA) is 64.1 Å². The molecule has 0 spiro atoms. The zero-order valence-electron chi connectivity index (χ0n) is 13.4. The molecule has 1 heterocycles. The number of carbonyl (C=O) groups is 1. The largest absolute Gasteiger partial charge is 0.494 e. The van der Waals surface area contributed by atoms with E-state index >= 15 is 0 Å². The Kier molecular flexibility index (Phi) is 4.86. The van der Waals surface area contributed by atoms with E-state index in [1.807, 2.05) is 50.2 Å². The van der Waals surface area contributed by atoms with Gasteiger partial charge in [-0.2, -0.15) is 0 Å². The maximum absolute atomic E-state index is 12.4. The summed E-state index contributed by atoms with van der Waals surface area (Å²) in [5.74, 6) is 0.577. The number of amides is 1. The van der Waals surface area contributed by atoms with Crippen LogP contribution in [0, 0.1) is 6.92 Å². The SMILES string of the molecule is CCOc1ccc(C(=O)Nc2nnc(-c3ccccc3)s2)cc1C. The lowest BCUT2D eigenvalue weighted by atomic mass is 10.1. The molecule has 0 saturated heterocycles. The number of nitrogens with zero attached hydrogens (tertiary/aromatic N) is 2. The van der Waals surface area contributed by atoms with Crippen LogP contribution in [0.3, 0.4) is 0 Å². The second kappa shape index (κ2) is 7.23. The number of aromatic nitrogens is 2. The smallest absolute Gasteiger partial charge is 0.257 e. The number of hydrogen-bond donors (Lipinski definition) is 1. The third-order valence-corrected chi connectivity index (χ3v) is 4.29. The number of nitrogens with one attached hydrogen (secondary N) is 1. The minimum Gasteiger partial charge on any atom is -0.494 e. The van der Waals surface area contributed by atoms with Gasteiger partial charge in [-0.25, -0.2) is 0 Å². The van der Waals surface area contributed by atoms with Crippen LogP contribution in [-0.2, 0) is 0 Å². The zero-order chi connectivity index (χ0) is 16.9. The summed E-state index contributed by atoms with van der Waals surface area (Å²) in [7, 11) is 0. The van der Waals surface area contributed by atoms with Crippen LogP contribution in [-0.4, -0.2) is 22.7 Å². The van der Waals surface area contributed by atoms with E-state index in [1.54, 1.807) is 12.1 Å². The molecule has 0 atom stereocenters. The van der Waals surface area contributed by atoms with Crippen molar-refractivity contribution in [1.29, 1.82) is 0 Å². The standard InChI is InChI=1S/C18H17N3O2S/c1-3-23-15-10-9-14(11-12(15)2)16(22)19-18-21-20-17(24-18)13-7-5-4-6-8-13/h4-11H,3H2,1-2H3,(H,19,21,22). The Balaban J connectivity index is 1.73. The third kappa shape index (κ3) is 3.60. The number of carbonyl (C=O) groups excluding carboxylic acids is 1. The number of anilines is 1. The van der Waals surface area contributed by atoms with Crippen LogP contribution >= 0.6 is 11.3 Å². The summed E-state index contributed by atoms with van der Waals surface area (Å²) in [5.41, 5.74) is 2.46. The van der Waals surface area contributed by atoms with Gasteiger partial charge in [-0.1, -0.05) is 41.7 Å². The van der Waals surface area contributed by atoms with E-state index < -0.39 is 0 Å². The summed E-state index contributed by atoms with van der Waals surface area (Å²) < 4.78 is 5.49. The quantitative estimate of drug-likeness (QED) is 0.758. The monoisotopic (exact) mass is 339 g/mol. The summed E-state index contributed by atoms with van der Waals surface area (Å²) in [4.78, 5) is 12.4. The number of ether oxygens (including phenoxy) is 1. The van der Waals surface area contributed by atoms with Crippen LogP contribution < -0.4 is 10.1 Å². The fourth-order valence-corrected chi connectivity index (χ4v) is 2.99. The van der Waals surface area contributed by atoms with Gasteiger partial charge in [0, 0.05) is 11.1 Å². The summed E-state index contributed by atoms with van der Waals surface area (Å²) in [5, 5.41) is 12.2. The molecule has 122 valence electrons. The van der Waals surface area contributed by atoms with Gasteiger partial charge in [0.1, 0.15) is 10.8 Å². The zero-order valence-corrected chi connectivity index (χ0v) is 14.3. The van der Waals surface area contributed by atoms with Gasteiger partial charge in [0.15, 0.2) is 0 Å².